The van der Waals surface area contributed by atoms with Crippen molar-refractivity contribution in [3.05, 3.63) is 52.1 Å². The molecule has 1 saturated carbocycles. The maximum absolute atomic E-state index is 12.6. The molecular weight excluding hydrogens is 442 g/mol. The minimum atomic E-state index is -3.44. The highest BCUT2D eigenvalue weighted by Gasteiger charge is 2.26. The summed E-state index contributed by atoms with van der Waals surface area (Å²) in [7, 11) is -3.44. The van der Waals surface area contributed by atoms with E-state index in [2.05, 4.69) is 10.3 Å². The number of rotatable bonds is 5. The normalized spacial score (nSPS) is 19.7. The molecule has 1 aliphatic carbocycles. The molecule has 0 unspecified atom stereocenters. The van der Waals surface area contributed by atoms with Gasteiger partial charge in [-0.3, -0.25) is 4.79 Å². The minimum Gasteiger partial charge on any atom is -0.349 e. The molecule has 30 heavy (non-hydrogen) atoms. The van der Waals surface area contributed by atoms with Crippen LogP contribution in [-0.4, -0.2) is 36.1 Å². The number of thiazole rings is 1. The maximum atomic E-state index is 12.6. The smallest absolute Gasteiger partial charge is 0.251 e. The van der Waals surface area contributed by atoms with Crippen molar-refractivity contribution < 1.29 is 13.2 Å². The van der Waals surface area contributed by atoms with Crippen LogP contribution in [-0.2, 0) is 9.84 Å². The van der Waals surface area contributed by atoms with Crippen LogP contribution in [0.25, 0.3) is 10.2 Å². The molecule has 6 nitrogen and oxygen atoms in total. The Bertz CT molecular complexity index is 1190. The lowest BCUT2D eigenvalue weighted by atomic mass is 9.86. The van der Waals surface area contributed by atoms with E-state index in [1.807, 2.05) is 18.2 Å². The molecule has 1 aliphatic rings. The summed E-state index contributed by atoms with van der Waals surface area (Å²) in [5.74, 6) is 0.0761. The van der Waals surface area contributed by atoms with E-state index in [0.717, 1.165) is 40.9 Å². The zero-order valence-corrected chi connectivity index (χ0v) is 18.9. The van der Waals surface area contributed by atoms with E-state index in [4.69, 9.17) is 16.6 Å². The number of benzene rings is 1. The fourth-order valence-electron chi connectivity index (χ4n) is 3.72. The van der Waals surface area contributed by atoms with Gasteiger partial charge in [-0.1, -0.05) is 18.5 Å². The van der Waals surface area contributed by atoms with Crippen LogP contribution in [0.3, 0.4) is 0 Å². The molecule has 0 atom stereocenters. The van der Waals surface area contributed by atoms with Gasteiger partial charge in [-0.15, -0.1) is 11.3 Å². The topological polar surface area (TPSA) is 89.0 Å². The number of nitrogens with one attached hydrogen (secondary N) is 1. The molecule has 1 N–H and O–H groups in total. The highest BCUT2D eigenvalue weighted by atomic mass is 35.5. The first kappa shape index (κ1) is 21.2. The number of aromatic nitrogens is 2. The van der Waals surface area contributed by atoms with Crippen LogP contribution < -0.4 is 5.32 Å². The van der Waals surface area contributed by atoms with E-state index >= 15 is 0 Å². The first-order valence-corrected chi connectivity index (χ1v) is 12.8. The van der Waals surface area contributed by atoms with E-state index < -0.39 is 9.84 Å². The first-order chi connectivity index (χ1) is 14.4. The number of carbonyl (C=O) groups is 1. The highest BCUT2D eigenvalue weighted by Crippen LogP contribution is 2.37. The van der Waals surface area contributed by atoms with Crippen molar-refractivity contribution in [1.29, 1.82) is 0 Å². The molecule has 0 aliphatic heterocycles. The quantitative estimate of drug-likeness (QED) is 0.597. The SMILES string of the molecule is CCS(=O)(=O)c1cc(C(=O)NC2CCC(c3nc4cc(Cl)ccc4s3)CC2)ccn1. The number of hydrogen-bond acceptors (Lipinski definition) is 6. The van der Waals surface area contributed by atoms with E-state index in [1.54, 1.807) is 24.3 Å². The zero-order chi connectivity index (χ0) is 21.3. The van der Waals surface area contributed by atoms with E-state index in [-0.39, 0.29) is 22.7 Å². The number of hydrogen-bond donors (Lipinski definition) is 1. The third-order valence-corrected chi connectivity index (χ3v) is 8.53. The summed E-state index contributed by atoms with van der Waals surface area (Å²) in [4.78, 5) is 21.3. The van der Waals surface area contributed by atoms with Crippen LogP contribution in [0, 0.1) is 0 Å². The third kappa shape index (κ3) is 4.50. The Kier molecular flexibility index (Phi) is 6.09. The van der Waals surface area contributed by atoms with Crippen molar-refractivity contribution in [2.24, 2.45) is 0 Å². The fourth-order valence-corrected chi connectivity index (χ4v) is 5.82. The average Bonchev–Trinajstić information content (AvgIpc) is 3.17. The second kappa shape index (κ2) is 8.61. The van der Waals surface area contributed by atoms with E-state index in [1.165, 1.54) is 12.3 Å². The zero-order valence-electron chi connectivity index (χ0n) is 16.5. The first-order valence-electron chi connectivity index (χ1n) is 9.91. The molecule has 3 aromatic rings. The van der Waals surface area contributed by atoms with Crippen molar-refractivity contribution in [2.45, 2.75) is 49.6 Å². The van der Waals surface area contributed by atoms with E-state index in [9.17, 15) is 13.2 Å². The van der Waals surface area contributed by atoms with Crippen molar-refractivity contribution >= 4 is 48.9 Å². The number of fused-ring (bicyclic) bond motifs is 1. The molecule has 0 spiro atoms. The molecule has 2 heterocycles. The Morgan fingerprint density at radius 3 is 2.70 bits per heavy atom. The van der Waals surface area contributed by atoms with Gasteiger partial charge in [-0.25, -0.2) is 18.4 Å². The van der Waals surface area contributed by atoms with Crippen LogP contribution in [0.1, 0.15) is 53.9 Å². The Hall–Kier alpha value is -2.03. The van der Waals surface area contributed by atoms with Crippen molar-refractivity contribution in [3.8, 4) is 0 Å². The predicted octanol–water partition coefficient (Wildman–Crippen LogP) is 4.59. The van der Waals surface area contributed by atoms with Crippen molar-refractivity contribution in [2.75, 3.05) is 5.75 Å². The summed E-state index contributed by atoms with van der Waals surface area (Å²) < 4.78 is 25.2. The van der Waals surface area contributed by atoms with Crippen molar-refractivity contribution in [1.82, 2.24) is 15.3 Å². The summed E-state index contributed by atoms with van der Waals surface area (Å²) in [5.41, 5.74) is 1.26. The molecule has 2 aromatic heterocycles. The van der Waals surface area contributed by atoms with E-state index in [0.29, 0.717) is 16.5 Å². The lowest BCUT2D eigenvalue weighted by Crippen LogP contribution is -2.37. The van der Waals surface area contributed by atoms with Gasteiger partial charge in [0.1, 0.15) is 0 Å². The van der Waals surface area contributed by atoms with Crippen molar-refractivity contribution in [3.63, 3.8) is 0 Å². The summed E-state index contributed by atoms with van der Waals surface area (Å²) in [6, 6.07) is 8.75. The van der Waals surface area contributed by atoms with Gasteiger partial charge < -0.3 is 5.32 Å². The Morgan fingerprint density at radius 2 is 1.97 bits per heavy atom. The fraction of sp³-hybridized carbons (Fsp3) is 0.381. The molecule has 0 bridgehead atoms. The van der Waals surface area contributed by atoms with Gasteiger partial charge in [0.2, 0.25) is 0 Å². The monoisotopic (exact) mass is 463 g/mol. The summed E-state index contributed by atoms with van der Waals surface area (Å²) in [6.07, 6.45) is 4.99. The average molecular weight is 464 g/mol. The molecule has 1 aromatic carbocycles. The van der Waals surface area contributed by atoms with Gasteiger partial charge in [0.25, 0.3) is 5.91 Å². The number of halogens is 1. The van der Waals surface area contributed by atoms with Gasteiger partial charge in [-0.2, -0.15) is 0 Å². The molecule has 0 radical (unpaired) electrons. The Morgan fingerprint density at radius 1 is 1.20 bits per heavy atom. The second-order valence-corrected chi connectivity index (χ2v) is 11.2. The lowest BCUT2D eigenvalue weighted by molar-refractivity contribution is 0.0925. The number of sulfone groups is 1. The predicted molar refractivity (Wildman–Crippen MR) is 119 cm³/mol. The van der Waals surface area contributed by atoms with Crippen LogP contribution in [0.15, 0.2) is 41.6 Å². The van der Waals surface area contributed by atoms with Crippen LogP contribution in [0.5, 0.6) is 0 Å². The minimum absolute atomic E-state index is 0.0486. The summed E-state index contributed by atoms with van der Waals surface area (Å²) in [5, 5.41) is 4.80. The molecular formula is C21H22ClN3O3S2. The van der Waals surface area contributed by atoms with Gasteiger partial charge in [-0.05, 0) is 56.0 Å². The number of nitrogens with zero attached hydrogens (tertiary/aromatic N) is 2. The highest BCUT2D eigenvalue weighted by molar-refractivity contribution is 7.91. The third-order valence-electron chi connectivity index (χ3n) is 5.47. The van der Waals surface area contributed by atoms with Gasteiger partial charge in [0.05, 0.1) is 21.0 Å². The molecule has 0 saturated heterocycles. The van der Waals surface area contributed by atoms with Gasteiger partial charge >= 0.3 is 0 Å². The number of amides is 1. The van der Waals surface area contributed by atoms with Crippen LogP contribution in [0.2, 0.25) is 5.02 Å². The van der Waals surface area contributed by atoms with Crippen LogP contribution in [0.4, 0.5) is 0 Å². The number of carbonyl (C=O) groups excluding carboxylic acids is 1. The molecule has 158 valence electrons. The summed E-state index contributed by atoms with van der Waals surface area (Å²) in [6.45, 7) is 1.56. The summed E-state index contributed by atoms with van der Waals surface area (Å²) >= 11 is 7.77. The molecule has 4 rings (SSSR count). The second-order valence-electron chi connectivity index (χ2n) is 7.47. The lowest BCUT2D eigenvalue weighted by Gasteiger charge is -2.28. The molecule has 9 heteroatoms. The Balaban J connectivity index is 1.38. The molecule has 1 amide bonds. The molecule has 1 fully saturated rings. The van der Waals surface area contributed by atoms with Gasteiger partial charge in [0, 0.05) is 28.7 Å². The number of pyridine rings is 1. The largest absolute Gasteiger partial charge is 0.349 e. The van der Waals surface area contributed by atoms with Crippen LogP contribution >= 0.6 is 22.9 Å². The maximum Gasteiger partial charge on any atom is 0.251 e. The van der Waals surface area contributed by atoms with Gasteiger partial charge in [0.15, 0.2) is 14.9 Å². The Labute approximate surface area is 184 Å². The standard InChI is InChI=1S/C21H22ClN3O3S2/c1-2-30(27,28)19-11-14(9-10-23-19)20(26)24-16-6-3-13(4-7-16)21-25-17-12-15(22)5-8-18(17)29-21/h5,8-13,16H,2-4,6-7H2,1H3,(H,24,26).